The molecule has 102 valence electrons. The van der Waals surface area contributed by atoms with Crippen LogP contribution in [0.4, 0.5) is 0 Å². The van der Waals surface area contributed by atoms with E-state index < -0.39 is 0 Å². The summed E-state index contributed by atoms with van der Waals surface area (Å²) in [6.07, 6.45) is 4.61. The lowest BCUT2D eigenvalue weighted by Gasteiger charge is -2.05. The first-order valence-electron chi connectivity index (χ1n) is 6.62. The number of benzene rings is 1. The summed E-state index contributed by atoms with van der Waals surface area (Å²) in [5.74, 6) is 0. The second kappa shape index (κ2) is 11.2. The van der Waals surface area contributed by atoms with Crippen LogP contribution < -0.4 is 0 Å². The van der Waals surface area contributed by atoms with Crippen molar-refractivity contribution >= 4 is 0 Å². The maximum Gasteiger partial charge on any atom is 0.146 e. The maximum atomic E-state index is 5.61. The van der Waals surface area contributed by atoms with Gasteiger partial charge < -0.3 is 14.2 Å². The average molecular weight is 252 g/mol. The van der Waals surface area contributed by atoms with Gasteiger partial charge in [0.1, 0.15) is 6.79 Å². The largest absolute Gasteiger partial charge is 0.377 e. The van der Waals surface area contributed by atoms with Crippen molar-refractivity contribution in [1.82, 2.24) is 0 Å². The highest BCUT2D eigenvalue weighted by molar-refractivity contribution is 5.13. The van der Waals surface area contributed by atoms with Crippen molar-refractivity contribution in [1.29, 1.82) is 0 Å². The molecule has 0 aromatic heterocycles. The molecule has 1 rings (SSSR count). The maximum absolute atomic E-state index is 5.61. The molecule has 3 heteroatoms. The van der Waals surface area contributed by atoms with Gasteiger partial charge >= 0.3 is 0 Å². The molecule has 0 aliphatic heterocycles. The van der Waals surface area contributed by atoms with Gasteiger partial charge in [0.2, 0.25) is 0 Å². The Bertz CT molecular complexity index is 274. The van der Waals surface area contributed by atoms with Gasteiger partial charge in [-0.3, -0.25) is 0 Å². The van der Waals surface area contributed by atoms with Crippen molar-refractivity contribution in [3.05, 3.63) is 35.9 Å². The predicted molar refractivity (Wildman–Crippen MR) is 72.4 cm³/mol. The standard InChI is InChI=1S/C15H24O3/c1-16-14-18-12-8-3-2-7-11-17-13-15-9-5-4-6-10-15/h4-6,9-10H,2-3,7-8,11-14H2,1H3. The van der Waals surface area contributed by atoms with E-state index in [1.807, 2.05) is 18.2 Å². The van der Waals surface area contributed by atoms with E-state index in [9.17, 15) is 0 Å². The monoisotopic (exact) mass is 252 g/mol. The summed E-state index contributed by atoms with van der Waals surface area (Å²) in [6.45, 7) is 2.75. The molecule has 3 nitrogen and oxygen atoms in total. The highest BCUT2D eigenvalue weighted by Crippen LogP contribution is 2.04. The van der Waals surface area contributed by atoms with Gasteiger partial charge in [-0.15, -0.1) is 0 Å². The molecule has 0 radical (unpaired) electrons. The van der Waals surface area contributed by atoms with E-state index in [2.05, 4.69) is 12.1 Å². The number of hydrogen-bond donors (Lipinski definition) is 0. The Balaban J connectivity index is 1.82. The fourth-order valence-electron chi connectivity index (χ4n) is 1.67. The molecule has 18 heavy (non-hydrogen) atoms. The molecule has 1 aromatic carbocycles. The van der Waals surface area contributed by atoms with Gasteiger partial charge in [-0.1, -0.05) is 43.2 Å². The van der Waals surface area contributed by atoms with Crippen molar-refractivity contribution in [3.8, 4) is 0 Å². The first-order valence-corrected chi connectivity index (χ1v) is 6.62. The third kappa shape index (κ3) is 8.23. The van der Waals surface area contributed by atoms with Gasteiger partial charge in [-0.25, -0.2) is 0 Å². The molecule has 0 unspecified atom stereocenters. The van der Waals surface area contributed by atoms with E-state index in [-0.39, 0.29) is 0 Å². The summed E-state index contributed by atoms with van der Waals surface area (Å²) in [5, 5.41) is 0. The minimum atomic E-state index is 0.403. The second-order valence-electron chi connectivity index (χ2n) is 4.27. The predicted octanol–water partition coefficient (Wildman–Crippen LogP) is 3.38. The molecule has 0 fully saturated rings. The number of ether oxygens (including phenoxy) is 3. The van der Waals surface area contributed by atoms with Crippen LogP contribution in [-0.2, 0) is 20.8 Å². The van der Waals surface area contributed by atoms with E-state index in [0.29, 0.717) is 6.79 Å². The van der Waals surface area contributed by atoms with Crippen molar-refractivity contribution in [2.24, 2.45) is 0 Å². The Kier molecular flexibility index (Phi) is 9.44. The van der Waals surface area contributed by atoms with Crippen molar-refractivity contribution in [2.45, 2.75) is 32.3 Å². The number of rotatable bonds is 11. The van der Waals surface area contributed by atoms with Crippen LogP contribution in [0.15, 0.2) is 30.3 Å². The zero-order chi connectivity index (χ0) is 12.9. The summed E-state index contributed by atoms with van der Waals surface area (Å²) < 4.78 is 15.6. The van der Waals surface area contributed by atoms with E-state index in [1.165, 1.54) is 18.4 Å². The summed E-state index contributed by atoms with van der Waals surface area (Å²) >= 11 is 0. The van der Waals surface area contributed by atoms with Gasteiger partial charge in [-0.2, -0.15) is 0 Å². The zero-order valence-corrected chi connectivity index (χ0v) is 11.3. The van der Waals surface area contributed by atoms with Crippen molar-refractivity contribution in [3.63, 3.8) is 0 Å². The number of hydrogen-bond acceptors (Lipinski definition) is 3. The molecule has 0 N–H and O–H groups in total. The molecule has 0 atom stereocenters. The Morgan fingerprint density at radius 1 is 0.833 bits per heavy atom. The van der Waals surface area contributed by atoms with Crippen LogP contribution in [0, 0.1) is 0 Å². The lowest BCUT2D eigenvalue weighted by molar-refractivity contribution is -0.0316. The summed E-state index contributed by atoms with van der Waals surface area (Å²) in [5.41, 5.74) is 1.24. The van der Waals surface area contributed by atoms with Gasteiger partial charge in [0, 0.05) is 20.3 Å². The third-order valence-electron chi connectivity index (χ3n) is 2.64. The fourth-order valence-corrected chi connectivity index (χ4v) is 1.67. The Morgan fingerprint density at radius 2 is 1.50 bits per heavy atom. The lowest BCUT2D eigenvalue weighted by Crippen LogP contribution is -1.99. The van der Waals surface area contributed by atoms with Crippen LogP contribution >= 0.6 is 0 Å². The van der Waals surface area contributed by atoms with Crippen LogP contribution in [0.2, 0.25) is 0 Å². The molecule has 0 bridgehead atoms. The van der Waals surface area contributed by atoms with Gasteiger partial charge in [0.25, 0.3) is 0 Å². The van der Waals surface area contributed by atoms with Gasteiger partial charge in [-0.05, 0) is 18.4 Å². The molecule has 0 saturated heterocycles. The summed E-state index contributed by atoms with van der Waals surface area (Å²) in [7, 11) is 1.64. The molecular formula is C15H24O3. The Hall–Kier alpha value is -0.900. The molecular weight excluding hydrogens is 228 g/mol. The van der Waals surface area contributed by atoms with E-state index in [1.54, 1.807) is 7.11 Å². The minimum Gasteiger partial charge on any atom is -0.377 e. The Morgan fingerprint density at radius 3 is 2.17 bits per heavy atom. The highest BCUT2D eigenvalue weighted by Gasteiger charge is 1.93. The SMILES string of the molecule is COCOCCCCCCOCc1ccccc1. The second-order valence-corrected chi connectivity index (χ2v) is 4.27. The quantitative estimate of drug-likeness (QED) is 0.446. The van der Waals surface area contributed by atoms with Crippen molar-refractivity contribution < 1.29 is 14.2 Å². The molecule has 0 heterocycles. The van der Waals surface area contributed by atoms with Crippen LogP contribution in [0.25, 0.3) is 0 Å². The average Bonchev–Trinajstić information content (AvgIpc) is 2.42. The molecule has 0 aliphatic carbocycles. The van der Waals surface area contributed by atoms with Gasteiger partial charge in [0.15, 0.2) is 0 Å². The first-order chi connectivity index (χ1) is 8.93. The summed E-state index contributed by atoms with van der Waals surface area (Å²) in [6, 6.07) is 10.3. The highest BCUT2D eigenvalue weighted by atomic mass is 16.7. The van der Waals surface area contributed by atoms with Crippen LogP contribution in [0.5, 0.6) is 0 Å². The van der Waals surface area contributed by atoms with Gasteiger partial charge in [0.05, 0.1) is 6.61 Å². The van der Waals surface area contributed by atoms with Crippen LogP contribution in [0.1, 0.15) is 31.2 Å². The molecule has 0 saturated carbocycles. The zero-order valence-electron chi connectivity index (χ0n) is 11.3. The van der Waals surface area contributed by atoms with Crippen LogP contribution in [-0.4, -0.2) is 27.1 Å². The summed E-state index contributed by atoms with van der Waals surface area (Å²) in [4.78, 5) is 0. The topological polar surface area (TPSA) is 27.7 Å². The fraction of sp³-hybridized carbons (Fsp3) is 0.600. The molecule has 0 amide bonds. The smallest absolute Gasteiger partial charge is 0.146 e. The number of methoxy groups -OCH3 is 1. The third-order valence-corrected chi connectivity index (χ3v) is 2.64. The molecule has 1 aromatic rings. The normalized spacial score (nSPS) is 10.7. The van der Waals surface area contributed by atoms with E-state index >= 15 is 0 Å². The van der Waals surface area contributed by atoms with E-state index in [0.717, 1.165) is 32.7 Å². The first kappa shape index (κ1) is 15.2. The molecule has 0 spiro atoms. The van der Waals surface area contributed by atoms with E-state index in [4.69, 9.17) is 14.2 Å². The van der Waals surface area contributed by atoms with Crippen molar-refractivity contribution in [2.75, 3.05) is 27.1 Å². The minimum absolute atomic E-state index is 0.403. The molecule has 0 aliphatic rings. The Labute approximate surface area is 110 Å². The lowest BCUT2D eigenvalue weighted by atomic mass is 10.2. The van der Waals surface area contributed by atoms with Crippen LogP contribution in [0.3, 0.4) is 0 Å². The number of unbranched alkanes of at least 4 members (excludes halogenated alkanes) is 3.